The number of benzene rings is 1. The molecule has 20 heavy (non-hydrogen) atoms. The van der Waals surface area contributed by atoms with Crippen molar-refractivity contribution >= 4 is 12.0 Å². The number of aliphatic hydroxyl groups excluding tert-OH is 2. The average molecular weight is 275 g/mol. The van der Waals surface area contributed by atoms with E-state index < -0.39 is 12.2 Å². The van der Waals surface area contributed by atoms with Crippen molar-refractivity contribution in [1.29, 1.82) is 0 Å². The van der Waals surface area contributed by atoms with Gasteiger partial charge in [-0.25, -0.2) is 0 Å². The van der Waals surface area contributed by atoms with Crippen molar-refractivity contribution in [3.8, 4) is 0 Å². The van der Waals surface area contributed by atoms with E-state index in [0.717, 1.165) is 5.56 Å². The van der Waals surface area contributed by atoms with Gasteiger partial charge in [0.15, 0.2) is 0 Å². The largest absolute Gasteiger partial charge is 0.388 e. The second kappa shape index (κ2) is 6.20. The summed E-state index contributed by atoms with van der Waals surface area (Å²) in [6, 6.07) is 8.07. The molecule has 0 bridgehead atoms. The molecule has 0 spiro atoms. The van der Waals surface area contributed by atoms with Crippen LogP contribution in [0.3, 0.4) is 0 Å². The average Bonchev–Trinajstić information content (AvgIpc) is 2.76. The molecule has 0 aromatic heterocycles. The van der Waals surface area contributed by atoms with E-state index in [0.29, 0.717) is 5.92 Å². The fourth-order valence-corrected chi connectivity index (χ4v) is 2.21. The van der Waals surface area contributed by atoms with Crippen molar-refractivity contribution in [2.75, 3.05) is 13.1 Å². The minimum Gasteiger partial charge on any atom is -0.388 e. The third-order valence-electron chi connectivity index (χ3n) is 3.59. The number of hydrogen-bond acceptors (Lipinski definition) is 3. The quantitative estimate of drug-likeness (QED) is 0.819. The molecule has 1 heterocycles. The molecular formula is C16H21NO3. The summed E-state index contributed by atoms with van der Waals surface area (Å²) in [5.41, 5.74) is 2.22. The highest BCUT2D eigenvalue weighted by Crippen LogP contribution is 2.16. The maximum atomic E-state index is 11.9. The van der Waals surface area contributed by atoms with E-state index in [1.54, 1.807) is 6.08 Å². The van der Waals surface area contributed by atoms with E-state index >= 15 is 0 Å². The van der Waals surface area contributed by atoms with Crippen LogP contribution in [0.5, 0.6) is 0 Å². The molecule has 1 aromatic rings. The Bertz CT molecular complexity index is 483. The van der Waals surface area contributed by atoms with E-state index in [1.165, 1.54) is 16.5 Å². The Morgan fingerprint density at radius 3 is 2.25 bits per heavy atom. The van der Waals surface area contributed by atoms with Crippen molar-refractivity contribution < 1.29 is 15.0 Å². The number of nitrogens with zero attached hydrogens (tertiary/aromatic N) is 1. The van der Waals surface area contributed by atoms with Gasteiger partial charge in [0.25, 0.3) is 0 Å². The minimum atomic E-state index is -0.835. The topological polar surface area (TPSA) is 60.8 Å². The van der Waals surface area contributed by atoms with Crippen LogP contribution in [-0.4, -0.2) is 46.3 Å². The molecule has 4 heteroatoms. The molecule has 1 fully saturated rings. The predicted molar refractivity (Wildman–Crippen MR) is 78.2 cm³/mol. The van der Waals surface area contributed by atoms with Crippen LogP contribution in [0.1, 0.15) is 30.9 Å². The molecule has 0 saturated carbocycles. The van der Waals surface area contributed by atoms with Gasteiger partial charge in [-0.05, 0) is 23.1 Å². The lowest BCUT2D eigenvalue weighted by atomic mass is 10.0. The smallest absolute Gasteiger partial charge is 0.246 e. The molecule has 1 aliphatic rings. The van der Waals surface area contributed by atoms with Gasteiger partial charge in [-0.1, -0.05) is 38.1 Å². The normalized spacial score (nSPS) is 22.9. The van der Waals surface area contributed by atoms with Crippen LogP contribution < -0.4 is 0 Å². The molecular weight excluding hydrogens is 254 g/mol. The van der Waals surface area contributed by atoms with E-state index in [4.69, 9.17) is 0 Å². The molecule has 1 saturated heterocycles. The van der Waals surface area contributed by atoms with Gasteiger partial charge < -0.3 is 15.1 Å². The Hall–Kier alpha value is -1.65. The Labute approximate surface area is 119 Å². The molecule has 2 N–H and O–H groups in total. The highest BCUT2D eigenvalue weighted by atomic mass is 16.3. The number of amides is 1. The molecule has 0 unspecified atom stereocenters. The molecule has 1 aliphatic heterocycles. The van der Waals surface area contributed by atoms with Crippen molar-refractivity contribution in [3.05, 3.63) is 41.5 Å². The second-order valence-corrected chi connectivity index (χ2v) is 5.53. The molecule has 1 amide bonds. The molecule has 1 aromatic carbocycles. The third kappa shape index (κ3) is 3.46. The number of hydrogen-bond donors (Lipinski definition) is 2. The van der Waals surface area contributed by atoms with Crippen LogP contribution in [0, 0.1) is 0 Å². The van der Waals surface area contributed by atoms with Gasteiger partial charge >= 0.3 is 0 Å². The monoisotopic (exact) mass is 275 g/mol. The molecule has 108 valence electrons. The number of aliphatic hydroxyl groups is 2. The lowest BCUT2D eigenvalue weighted by Gasteiger charge is -2.12. The first-order valence-corrected chi connectivity index (χ1v) is 6.90. The summed E-state index contributed by atoms with van der Waals surface area (Å²) >= 11 is 0. The van der Waals surface area contributed by atoms with Gasteiger partial charge in [0, 0.05) is 19.2 Å². The zero-order valence-electron chi connectivity index (χ0n) is 11.9. The Kier molecular flexibility index (Phi) is 4.57. The number of carbonyl (C=O) groups is 1. The molecule has 0 radical (unpaired) electrons. The standard InChI is InChI=1S/C16H21NO3/c1-11(2)13-6-3-12(4-7-13)5-8-16(20)17-9-14(18)15(19)10-17/h3-8,11,14-15,18-19H,9-10H2,1-2H3/t14-,15+. The summed E-state index contributed by atoms with van der Waals surface area (Å²) < 4.78 is 0. The number of β-amino-alcohol motifs (C(OH)–C–C–N with tert-alkyl or cyclic N) is 2. The number of rotatable bonds is 3. The zero-order chi connectivity index (χ0) is 14.7. The van der Waals surface area contributed by atoms with Gasteiger partial charge in [-0.3, -0.25) is 4.79 Å². The first-order valence-electron chi connectivity index (χ1n) is 6.90. The van der Waals surface area contributed by atoms with Gasteiger partial charge in [0.1, 0.15) is 0 Å². The van der Waals surface area contributed by atoms with Gasteiger partial charge in [-0.2, -0.15) is 0 Å². The minimum absolute atomic E-state index is 0.187. The van der Waals surface area contributed by atoms with Gasteiger partial charge in [0.05, 0.1) is 12.2 Å². The Balaban J connectivity index is 1.97. The summed E-state index contributed by atoms with van der Waals surface area (Å²) in [6.07, 6.45) is 1.56. The fourth-order valence-electron chi connectivity index (χ4n) is 2.21. The maximum Gasteiger partial charge on any atom is 0.246 e. The lowest BCUT2D eigenvalue weighted by Crippen LogP contribution is -2.27. The highest BCUT2D eigenvalue weighted by Gasteiger charge is 2.31. The van der Waals surface area contributed by atoms with Crippen LogP contribution in [0.25, 0.3) is 6.08 Å². The summed E-state index contributed by atoms with van der Waals surface area (Å²) in [6.45, 7) is 4.66. The molecule has 4 nitrogen and oxygen atoms in total. The SMILES string of the molecule is CC(C)c1ccc(C=CC(=O)N2C[C@@H](O)[C@@H](O)C2)cc1. The van der Waals surface area contributed by atoms with E-state index in [-0.39, 0.29) is 19.0 Å². The Morgan fingerprint density at radius 1 is 1.20 bits per heavy atom. The predicted octanol–water partition coefficient (Wildman–Crippen LogP) is 1.39. The number of likely N-dealkylation sites (tertiary alicyclic amines) is 1. The van der Waals surface area contributed by atoms with Crippen LogP contribution in [0.15, 0.2) is 30.3 Å². The van der Waals surface area contributed by atoms with Crippen LogP contribution in [0.2, 0.25) is 0 Å². The van der Waals surface area contributed by atoms with E-state index in [2.05, 4.69) is 26.0 Å². The van der Waals surface area contributed by atoms with Crippen molar-refractivity contribution in [1.82, 2.24) is 4.90 Å². The molecule has 2 rings (SSSR count). The highest BCUT2D eigenvalue weighted by molar-refractivity contribution is 5.92. The second-order valence-electron chi connectivity index (χ2n) is 5.53. The van der Waals surface area contributed by atoms with Crippen molar-refractivity contribution in [3.63, 3.8) is 0 Å². The zero-order valence-corrected chi connectivity index (χ0v) is 11.9. The summed E-state index contributed by atoms with van der Waals surface area (Å²) in [5.74, 6) is 0.302. The van der Waals surface area contributed by atoms with Crippen LogP contribution in [-0.2, 0) is 4.79 Å². The van der Waals surface area contributed by atoms with Gasteiger partial charge in [-0.15, -0.1) is 0 Å². The first-order chi connectivity index (χ1) is 9.47. The third-order valence-corrected chi connectivity index (χ3v) is 3.59. The summed E-state index contributed by atoms with van der Waals surface area (Å²) in [7, 11) is 0. The van der Waals surface area contributed by atoms with Crippen molar-refractivity contribution in [2.45, 2.75) is 32.0 Å². The summed E-state index contributed by atoms with van der Waals surface area (Å²) in [5, 5.41) is 18.8. The van der Waals surface area contributed by atoms with Crippen molar-refractivity contribution in [2.24, 2.45) is 0 Å². The van der Waals surface area contributed by atoms with Gasteiger partial charge in [0.2, 0.25) is 5.91 Å². The Morgan fingerprint density at radius 2 is 1.75 bits per heavy atom. The molecule has 2 atom stereocenters. The molecule has 0 aliphatic carbocycles. The van der Waals surface area contributed by atoms with E-state index in [1.807, 2.05) is 12.1 Å². The first kappa shape index (κ1) is 14.8. The number of carbonyl (C=O) groups excluding carboxylic acids is 1. The maximum absolute atomic E-state index is 11.9. The lowest BCUT2D eigenvalue weighted by molar-refractivity contribution is -0.125. The summed E-state index contributed by atoms with van der Waals surface area (Å²) in [4.78, 5) is 13.4. The van der Waals surface area contributed by atoms with E-state index in [9.17, 15) is 15.0 Å². The fraction of sp³-hybridized carbons (Fsp3) is 0.438. The van der Waals surface area contributed by atoms with Crippen LogP contribution in [0.4, 0.5) is 0 Å². The van der Waals surface area contributed by atoms with Crippen LogP contribution >= 0.6 is 0 Å².